The van der Waals surface area contributed by atoms with E-state index in [-0.39, 0.29) is 0 Å². The average molecular weight is 270 g/mol. The van der Waals surface area contributed by atoms with E-state index in [0.717, 1.165) is 0 Å². The van der Waals surface area contributed by atoms with Crippen LogP contribution in [0.25, 0.3) is 0 Å². The molecule has 0 aliphatic rings. The second-order valence-corrected chi connectivity index (χ2v) is 2.99. The van der Waals surface area contributed by atoms with Gasteiger partial charge < -0.3 is 10.2 Å². The van der Waals surface area contributed by atoms with Gasteiger partial charge in [0.05, 0.1) is 0 Å². The molecule has 0 radical (unpaired) electrons. The Kier molecular flexibility index (Phi) is 2.52. The monoisotopic (exact) mass is 270 g/mol. The molecule has 0 rings (SSSR count). The molecule has 7 heteroatoms. The Labute approximate surface area is 67.0 Å². The maximum atomic E-state index is 11.4. The summed E-state index contributed by atoms with van der Waals surface area (Å²) in [5, 5.41) is 16.0. The van der Waals surface area contributed by atoms with Gasteiger partial charge in [-0.2, -0.15) is 13.2 Å². The summed E-state index contributed by atoms with van der Waals surface area (Å²) in [5.41, 5.74) is 0. The molecular formula is C3H2F3IO3. The number of hydrogen-bond donors (Lipinski definition) is 2. The van der Waals surface area contributed by atoms with Crippen molar-refractivity contribution in [1.29, 1.82) is 0 Å². The van der Waals surface area contributed by atoms with Crippen LogP contribution < -0.4 is 0 Å². The molecule has 1 atom stereocenters. The summed E-state index contributed by atoms with van der Waals surface area (Å²) < 4.78 is 30.7. The number of aliphatic carboxylic acids is 1. The van der Waals surface area contributed by atoms with E-state index in [9.17, 15) is 18.0 Å². The maximum absolute atomic E-state index is 11.4. The molecule has 0 unspecified atom stereocenters. The predicted molar refractivity (Wildman–Crippen MR) is 32.7 cm³/mol. The number of alkyl halides is 4. The number of carboxylic acids is 1. The van der Waals surface area contributed by atoms with Crippen LogP contribution in [0.3, 0.4) is 0 Å². The lowest BCUT2D eigenvalue weighted by Crippen LogP contribution is -2.46. The van der Waals surface area contributed by atoms with Gasteiger partial charge in [-0.15, -0.1) is 0 Å². The zero-order valence-electron chi connectivity index (χ0n) is 4.31. The summed E-state index contributed by atoms with van der Waals surface area (Å²) in [7, 11) is 0. The first-order chi connectivity index (χ1) is 4.19. The molecule has 0 saturated carbocycles. The fourth-order valence-corrected chi connectivity index (χ4v) is 0.121. The molecule has 0 aromatic heterocycles. The van der Waals surface area contributed by atoms with Crippen molar-refractivity contribution >= 4 is 28.6 Å². The summed E-state index contributed by atoms with van der Waals surface area (Å²) in [4.78, 5) is 9.69. The highest BCUT2D eigenvalue weighted by Crippen LogP contribution is 2.35. The molecule has 0 aliphatic heterocycles. The van der Waals surface area contributed by atoms with Gasteiger partial charge >= 0.3 is 15.8 Å². The van der Waals surface area contributed by atoms with Gasteiger partial charge in [-0.05, 0) is 22.6 Å². The van der Waals surface area contributed by atoms with E-state index in [4.69, 9.17) is 10.2 Å². The van der Waals surface area contributed by atoms with Gasteiger partial charge in [0.2, 0.25) is 0 Å². The lowest BCUT2D eigenvalue weighted by Gasteiger charge is -2.18. The van der Waals surface area contributed by atoms with Gasteiger partial charge in [-0.1, -0.05) is 0 Å². The molecule has 3 nitrogen and oxygen atoms in total. The zero-order chi connectivity index (χ0) is 8.58. The molecule has 0 amide bonds. The smallest absolute Gasteiger partial charge is 0.437 e. The van der Waals surface area contributed by atoms with Crippen LogP contribution in [-0.2, 0) is 4.79 Å². The van der Waals surface area contributed by atoms with Crippen LogP contribution in [0.15, 0.2) is 0 Å². The molecule has 0 spiro atoms. The highest BCUT2D eigenvalue weighted by atomic mass is 127. The SMILES string of the molecule is O=C(O)[C@](O)(I)C(F)(F)F. The first-order valence-electron chi connectivity index (χ1n) is 1.91. The molecule has 60 valence electrons. The molecule has 10 heavy (non-hydrogen) atoms. The van der Waals surface area contributed by atoms with E-state index < -0.39 is 15.8 Å². The van der Waals surface area contributed by atoms with Gasteiger partial charge in [0.25, 0.3) is 0 Å². The fraction of sp³-hybridized carbons (Fsp3) is 0.667. The third kappa shape index (κ3) is 1.72. The average Bonchev–Trinajstić information content (AvgIpc) is 1.62. The third-order valence-electron chi connectivity index (χ3n) is 0.659. The van der Waals surface area contributed by atoms with Crippen LogP contribution in [0.1, 0.15) is 0 Å². The van der Waals surface area contributed by atoms with Crippen LogP contribution in [0.2, 0.25) is 0 Å². The van der Waals surface area contributed by atoms with Crippen LogP contribution in [0.4, 0.5) is 13.2 Å². The summed E-state index contributed by atoms with van der Waals surface area (Å²) in [5.74, 6) is -2.32. The highest BCUT2D eigenvalue weighted by Gasteiger charge is 2.58. The Bertz CT molecular complexity index is 152. The Morgan fingerprint density at radius 3 is 1.70 bits per heavy atom. The maximum Gasteiger partial charge on any atom is 0.437 e. The zero-order valence-corrected chi connectivity index (χ0v) is 6.47. The first kappa shape index (κ1) is 9.95. The molecule has 0 aromatic rings. The Balaban J connectivity index is 4.57. The normalized spacial score (nSPS) is 18.1. The Hall–Kier alpha value is -0.0500. The Morgan fingerprint density at radius 1 is 1.40 bits per heavy atom. The minimum absolute atomic E-state index is 0.403. The van der Waals surface area contributed by atoms with Crippen molar-refractivity contribution in [2.24, 2.45) is 0 Å². The highest BCUT2D eigenvalue weighted by molar-refractivity contribution is 14.1. The second-order valence-electron chi connectivity index (χ2n) is 1.43. The lowest BCUT2D eigenvalue weighted by atomic mass is 10.3. The van der Waals surface area contributed by atoms with Gasteiger partial charge in [0.1, 0.15) is 0 Å². The number of carbonyl (C=O) groups is 1. The molecule has 0 heterocycles. The van der Waals surface area contributed by atoms with Gasteiger partial charge in [-0.3, -0.25) is 0 Å². The van der Waals surface area contributed by atoms with E-state index in [1.165, 1.54) is 0 Å². The van der Waals surface area contributed by atoms with Crippen molar-refractivity contribution < 1.29 is 28.2 Å². The molecule has 0 aliphatic carbocycles. The number of halogens is 4. The first-order valence-corrected chi connectivity index (χ1v) is 2.99. The summed E-state index contributed by atoms with van der Waals surface area (Å²) in [6.45, 7) is 0. The van der Waals surface area contributed by atoms with Crippen molar-refractivity contribution in [1.82, 2.24) is 0 Å². The molecule has 0 aromatic carbocycles. The van der Waals surface area contributed by atoms with Crippen LogP contribution in [0, 0.1) is 0 Å². The lowest BCUT2D eigenvalue weighted by molar-refractivity contribution is -0.221. The summed E-state index contributed by atoms with van der Waals surface area (Å²) in [6, 6.07) is 0. The van der Waals surface area contributed by atoms with Crippen LogP contribution in [-0.4, -0.2) is 26.0 Å². The minimum atomic E-state index is -5.14. The fourth-order valence-electron chi connectivity index (χ4n) is 0.121. The van der Waals surface area contributed by atoms with Crippen molar-refractivity contribution in [3.8, 4) is 0 Å². The quantitative estimate of drug-likeness (QED) is 0.546. The van der Waals surface area contributed by atoms with Gasteiger partial charge in [0.15, 0.2) is 0 Å². The number of carboxylic acid groups (broad SMARTS) is 1. The molecule has 0 fully saturated rings. The molecule has 0 saturated heterocycles. The second kappa shape index (κ2) is 2.53. The van der Waals surface area contributed by atoms with E-state index in [2.05, 4.69) is 0 Å². The summed E-state index contributed by atoms with van der Waals surface area (Å²) in [6.07, 6.45) is -5.14. The van der Waals surface area contributed by atoms with E-state index in [1.54, 1.807) is 0 Å². The molecule has 2 N–H and O–H groups in total. The summed E-state index contributed by atoms with van der Waals surface area (Å²) >= 11 is 0.403. The standard InChI is InChI=1S/C3H2F3IO3/c4-3(5,6)2(7,10)1(8)9/h10H,(H,8,9)/t2-/m1/s1. The number of hydrogen-bond acceptors (Lipinski definition) is 2. The third-order valence-corrected chi connectivity index (χ3v) is 1.73. The van der Waals surface area contributed by atoms with Gasteiger partial charge in [0, 0.05) is 0 Å². The van der Waals surface area contributed by atoms with E-state index >= 15 is 0 Å². The molecule has 0 bridgehead atoms. The van der Waals surface area contributed by atoms with Crippen LogP contribution in [0.5, 0.6) is 0 Å². The van der Waals surface area contributed by atoms with Crippen molar-refractivity contribution in [2.45, 2.75) is 9.78 Å². The number of aliphatic hydroxyl groups is 1. The number of rotatable bonds is 1. The minimum Gasteiger partial charge on any atom is -0.478 e. The molecular weight excluding hydrogens is 268 g/mol. The van der Waals surface area contributed by atoms with Crippen molar-refractivity contribution in [3.63, 3.8) is 0 Å². The van der Waals surface area contributed by atoms with Gasteiger partial charge in [-0.25, -0.2) is 4.79 Å². The van der Waals surface area contributed by atoms with Crippen LogP contribution >= 0.6 is 22.6 Å². The largest absolute Gasteiger partial charge is 0.478 e. The van der Waals surface area contributed by atoms with E-state index in [1.807, 2.05) is 0 Å². The van der Waals surface area contributed by atoms with E-state index in [0.29, 0.717) is 22.6 Å². The Morgan fingerprint density at radius 2 is 1.70 bits per heavy atom. The predicted octanol–water partition coefficient (Wildman–Crippen LogP) is 0.757. The van der Waals surface area contributed by atoms with Crippen molar-refractivity contribution in [3.05, 3.63) is 0 Å². The van der Waals surface area contributed by atoms with Crippen molar-refractivity contribution in [2.75, 3.05) is 0 Å². The topological polar surface area (TPSA) is 57.5 Å².